The summed E-state index contributed by atoms with van der Waals surface area (Å²) >= 11 is 1.60. The summed E-state index contributed by atoms with van der Waals surface area (Å²) in [4.78, 5) is 4.57. The average Bonchev–Trinajstić information content (AvgIpc) is 3.13. The van der Waals surface area contributed by atoms with Crippen LogP contribution in [0.2, 0.25) is 0 Å². The molecule has 2 aromatic heterocycles. The number of fused-ring (bicyclic) bond motifs is 1. The van der Waals surface area contributed by atoms with Crippen molar-refractivity contribution >= 4 is 27.4 Å². The van der Waals surface area contributed by atoms with Crippen molar-refractivity contribution in [1.29, 1.82) is 0 Å². The summed E-state index contributed by atoms with van der Waals surface area (Å²) in [5.74, 6) is 0.815. The highest BCUT2D eigenvalue weighted by Gasteiger charge is 2.09. The maximum absolute atomic E-state index is 5.82. The van der Waals surface area contributed by atoms with Gasteiger partial charge in [-0.15, -0.1) is 11.3 Å². The first kappa shape index (κ1) is 14.1. The fraction of sp³-hybridized carbons (Fsp3) is 0.312. The summed E-state index contributed by atoms with van der Waals surface area (Å²) in [5.41, 5.74) is 1.77. The summed E-state index contributed by atoms with van der Waals surface area (Å²) in [5, 5.41) is 7.35. The van der Waals surface area contributed by atoms with Crippen LogP contribution in [0.3, 0.4) is 0 Å². The third-order valence-corrected chi connectivity index (χ3v) is 3.93. The molecule has 110 valence electrons. The van der Waals surface area contributed by atoms with Crippen LogP contribution in [0.25, 0.3) is 22.4 Å². The number of hydrogen-bond acceptors (Lipinski definition) is 5. The first-order chi connectivity index (χ1) is 10.4. The van der Waals surface area contributed by atoms with Crippen LogP contribution in [-0.2, 0) is 4.74 Å². The van der Waals surface area contributed by atoms with Gasteiger partial charge in [-0.05, 0) is 25.5 Å². The standard InChI is InChI=1S/C16H18N2O2S/c1-2-19-9-5-8-17-16-18-13(11-21-16)15-10-12-6-3-4-7-14(12)20-15/h3-4,6-7,10-11H,2,5,8-9H2,1H3,(H,17,18). The van der Waals surface area contributed by atoms with Gasteiger partial charge in [0.15, 0.2) is 10.9 Å². The van der Waals surface area contributed by atoms with Crippen molar-refractivity contribution in [2.75, 3.05) is 25.1 Å². The number of benzene rings is 1. The molecule has 0 unspecified atom stereocenters. The van der Waals surface area contributed by atoms with Crippen LogP contribution in [0.15, 0.2) is 40.1 Å². The monoisotopic (exact) mass is 302 g/mol. The molecule has 0 bridgehead atoms. The van der Waals surface area contributed by atoms with Gasteiger partial charge in [-0.3, -0.25) is 0 Å². The normalized spacial score (nSPS) is 11.1. The molecule has 0 aliphatic carbocycles. The Balaban J connectivity index is 1.64. The maximum atomic E-state index is 5.82. The minimum atomic E-state index is 0.771. The quantitative estimate of drug-likeness (QED) is 0.657. The van der Waals surface area contributed by atoms with Gasteiger partial charge in [-0.1, -0.05) is 18.2 Å². The predicted octanol–water partition coefficient (Wildman–Crippen LogP) is 4.39. The largest absolute Gasteiger partial charge is 0.454 e. The molecule has 1 N–H and O–H groups in total. The number of nitrogens with zero attached hydrogens (tertiary/aromatic N) is 1. The van der Waals surface area contributed by atoms with Crippen molar-refractivity contribution in [2.45, 2.75) is 13.3 Å². The summed E-state index contributed by atoms with van der Waals surface area (Å²) < 4.78 is 11.1. The summed E-state index contributed by atoms with van der Waals surface area (Å²) in [7, 11) is 0. The highest BCUT2D eigenvalue weighted by atomic mass is 32.1. The molecule has 0 aliphatic rings. The molecule has 1 aromatic carbocycles. The molecule has 3 rings (SSSR count). The van der Waals surface area contributed by atoms with Gasteiger partial charge in [0.2, 0.25) is 0 Å². The van der Waals surface area contributed by atoms with E-state index < -0.39 is 0 Å². The Kier molecular flexibility index (Phi) is 4.52. The summed E-state index contributed by atoms with van der Waals surface area (Å²) in [6, 6.07) is 10.0. The maximum Gasteiger partial charge on any atom is 0.183 e. The molecule has 0 radical (unpaired) electrons. The molecule has 0 aliphatic heterocycles. The number of thiazole rings is 1. The van der Waals surface area contributed by atoms with E-state index >= 15 is 0 Å². The molecule has 4 nitrogen and oxygen atoms in total. The van der Waals surface area contributed by atoms with Crippen LogP contribution in [0.5, 0.6) is 0 Å². The molecular weight excluding hydrogens is 284 g/mol. The van der Waals surface area contributed by atoms with E-state index in [0.29, 0.717) is 0 Å². The zero-order valence-corrected chi connectivity index (χ0v) is 12.8. The lowest BCUT2D eigenvalue weighted by Gasteiger charge is -2.02. The Bertz CT molecular complexity index is 672. The van der Waals surface area contributed by atoms with Crippen LogP contribution in [-0.4, -0.2) is 24.7 Å². The Morgan fingerprint density at radius 2 is 2.24 bits per heavy atom. The number of para-hydroxylation sites is 1. The molecule has 0 saturated carbocycles. The van der Waals surface area contributed by atoms with Crippen LogP contribution < -0.4 is 5.32 Å². The number of rotatable bonds is 7. The minimum absolute atomic E-state index is 0.771. The second kappa shape index (κ2) is 6.74. The Morgan fingerprint density at radius 3 is 3.10 bits per heavy atom. The summed E-state index contributed by atoms with van der Waals surface area (Å²) in [6.07, 6.45) is 0.980. The second-order valence-corrected chi connectivity index (χ2v) is 5.52. The minimum Gasteiger partial charge on any atom is -0.454 e. The number of nitrogens with one attached hydrogen (secondary N) is 1. The lowest BCUT2D eigenvalue weighted by atomic mass is 10.2. The topological polar surface area (TPSA) is 47.3 Å². The third-order valence-electron chi connectivity index (χ3n) is 3.13. The van der Waals surface area contributed by atoms with Gasteiger partial charge in [-0.2, -0.15) is 0 Å². The second-order valence-electron chi connectivity index (χ2n) is 4.66. The van der Waals surface area contributed by atoms with Gasteiger partial charge in [0.1, 0.15) is 11.3 Å². The molecule has 21 heavy (non-hydrogen) atoms. The van der Waals surface area contributed by atoms with E-state index in [9.17, 15) is 0 Å². The number of aromatic nitrogens is 1. The number of hydrogen-bond donors (Lipinski definition) is 1. The van der Waals surface area contributed by atoms with E-state index in [1.54, 1.807) is 11.3 Å². The van der Waals surface area contributed by atoms with E-state index in [1.807, 2.05) is 42.6 Å². The number of anilines is 1. The Hall–Kier alpha value is -1.85. The molecule has 0 atom stereocenters. The van der Waals surface area contributed by atoms with E-state index in [-0.39, 0.29) is 0 Å². The molecule has 3 aromatic rings. The van der Waals surface area contributed by atoms with Crippen molar-refractivity contribution in [3.05, 3.63) is 35.7 Å². The van der Waals surface area contributed by atoms with Crippen LogP contribution in [0.4, 0.5) is 5.13 Å². The molecule has 0 saturated heterocycles. The predicted molar refractivity (Wildman–Crippen MR) is 86.9 cm³/mol. The Morgan fingerprint density at radius 1 is 1.33 bits per heavy atom. The van der Waals surface area contributed by atoms with Gasteiger partial charge in [0, 0.05) is 30.5 Å². The first-order valence-electron chi connectivity index (χ1n) is 7.13. The number of ether oxygens (including phenoxy) is 1. The third kappa shape index (κ3) is 3.43. The molecule has 2 heterocycles. The van der Waals surface area contributed by atoms with E-state index in [4.69, 9.17) is 9.15 Å². The zero-order valence-electron chi connectivity index (χ0n) is 12.0. The molecule has 0 amide bonds. The molecule has 0 spiro atoms. The van der Waals surface area contributed by atoms with Gasteiger partial charge < -0.3 is 14.5 Å². The smallest absolute Gasteiger partial charge is 0.183 e. The lowest BCUT2D eigenvalue weighted by molar-refractivity contribution is 0.147. The lowest BCUT2D eigenvalue weighted by Crippen LogP contribution is -2.05. The first-order valence-corrected chi connectivity index (χ1v) is 8.01. The van der Waals surface area contributed by atoms with Crippen LogP contribution >= 0.6 is 11.3 Å². The van der Waals surface area contributed by atoms with Crippen molar-refractivity contribution in [3.63, 3.8) is 0 Å². The van der Waals surface area contributed by atoms with Gasteiger partial charge in [0.05, 0.1) is 0 Å². The van der Waals surface area contributed by atoms with E-state index in [1.165, 1.54) is 0 Å². The Labute approximate surface area is 127 Å². The van der Waals surface area contributed by atoms with Gasteiger partial charge in [0.25, 0.3) is 0 Å². The van der Waals surface area contributed by atoms with E-state index in [0.717, 1.165) is 53.7 Å². The molecule has 5 heteroatoms. The van der Waals surface area contributed by atoms with Crippen molar-refractivity contribution in [2.24, 2.45) is 0 Å². The van der Waals surface area contributed by atoms with E-state index in [2.05, 4.69) is 10.3 Å². The van der Waals surface area contributed by atoms with Crippen molar-refractivity contribution in [3.8, 4) is 11.5 Å². The highest BCUT2D eigenvalue weighted by Crippen LogP contribution is 2.29. The SMILES string of the molecule is CCOCCCNc1nc(-c2cc3ccccc3o2)cs1. The summed E-state index contributed by atoms with van der Waals surface area (Å²) in [6.45, 7) is 4.43. The molecular formula is C16H18N2O2S. The highest BCUT2D eigenvalue weighted by molar-refractivity contribution is 7.14. The van der Waals surface area contributed by atoms with Crippen molar-refractivity contribution < 1.29 is 9.15 Å². The average molecular weight is 302 g/mol. The van der Waals surface area contributed by atoms with Crippen LogP contribution in [0.1, 0.15) is 13.3 Å². The molecule has 0 fully saturated rings. The van der Waals surface area contributed by atoms with Crippen LogP contribution in [0, 0.1) is 0 Å². The fourth-order valence-electron chi connectivity index (χ4n) is 2.09. The van der Waals surface area contributed by atoms with Crippen molar-refractivity contribution in [1.82, 2.24) is 4.98 Å². The van der Waals surface area contributed by atoms with Gasteiger partial charge in [-0.25, -0.2) is 4.98 Å². The van der Waals surface area contributed by atoms with Gasteiger partial charge >= 0.3 is 0 Å². The number of furan rings is 1. The zero-order chi connectivity index (χ0) is 14.5. The fourth-order valence-corrected chi connectivity index (χ4v) is 2.82.